The number of rotatable bonds is 4. The number of aromatic nitrogens is 3. The summed E-state index contributed by atoms with van der Waals surface area (Å²) in [6.07, 6.45) is 1.46. The van der Waals surface area contributed by atoms with Crippen LogP contribution in [0.1, 0.15) is 42.7 Å². The lowest BCUT2D eigenvalue weighted by molar-refractivity contribution is -0.192. The number of alkyl halides is 3. The van der Waals surface area contributed by atoms with Crippen molar-refractivity contribution < 1.29 is 31.5 Å². The van der Waals surface area contributed by atoms with E-state index < -0.39 is 22.2 Å². The quantitative estimate of drug-likeness (QED) is 0.479. The highest BCUT2D eigenvalue weighted by atomic mass is 32.2. The van der Waals surface area contributed by atoms with Crippen LogP contribution in [-0.4, -0.2) is 40.4 Å². The highest BCUT2D eigenvalue weighted by Gasteiger charge is 2.38. The second-order valence-corrected chi connectivity index (χ2v) is 9.82. The highest BCUT2D eigenvalue weighted by molar-refractivity contribution is 7.93. The maximum atomic E-state index is 12.4. The van der Waals surface area contributed by atoms with Gasteiger partial charge < -0.3 is 10.4 Å². The summed E-state index contributed by atoms with van der Waals surface area (Å²) in [5.41, 5.74) is 3.98. The molecule has 0 unspecified atom stereocenters. The number of hydrogen-bond donors (Lipinski definition) is 3. The summed E-state index contributed by atoms with van der Waals surface area (Å²) in [6.45, 7) is 0.675. The molecule has 13 heteroatoms. The lowest BCUT2D eigenvalue weighted by atomic mass is 9.96. The molecule has 0 bridgehead atoms. The van der Waals surface area contributed by atoms with Crippen LogP contribution in [-0.2, 0) is 21.4 Å². The van der Waals surface area contributed by atoms with Gasteiger partial charge in [-0.15, -0.1) is 0 Å². The Morgan fingerprint density at radius 1 is 1.17 bits per heavy atom. The van der Waals surface area contributed by atoms with Crippen molar-refractivity contribution in [3.8, 4) is 5.69 Å². The van der Waals surface area contributed by atoms with Gasteiger partial charge in [0.1, 0.15) is 11.2 Å². The topological polar surface area (TPSA) is 126 Å². The summed E-state index contributed by atoms with van der Waals surface area (Å²) < 4.78 is 60.4. The molecular weight excluding hydrogens is 487 g/mol. The van der Waals surface area contributed by atoms with Gasteiger partial charge in [0.2, 0.25) is 5.95 Å². The van der Waals surface area contributed by atoms with Gasteiger partial charge in [-0.1, -0.05) is 37.1 Å². The fourth-order valence-electron chi connectivity index (χ4n) is 4.10. The molecule has 9 nitrogen and oxygen atoms in total. The van der Waals surface area contributed by atoms with Crippen molar-refractivity contribution in [1.29, 1.82) is 0 Å². The molecule has 2 heterocycles. The zero-order valence-corrected chi connectivity index (χ0v) is 19.1. The number of nitrogens with zero attached hydrogens (tertiary/aromatic N) is 3. The van der Waals surface area contributed by atoms with Crippen LogP contribution in [0.25, 0.3) is 5.69 Å². The molecule has 0 saturated heterocycles. The van der Waals surface area contributed by atoms with Gasteiger partial charge in [0, 0.05) is 12.2 Å². The Kier molecular flexibility index (Phi) is 6.70. The average molecular weight is 510 g/mol. The lowest BCUT2D eigenvalue weighted by Gasteiger charge is -2.19. The minimum atomic E-state index is -5.08. The van der Waals surface area contributed by atoms with Crippen LogP contribution in [0, 0.1) is 0 Å². The Bertz CT molecular complexity index is 1330. The summed E-state index contributed by atoms with van der Waals surface area (Å²) in [7, 11) is -3.63. The molecule has 3 N–H and O–H groups in total. The lowest BCUT2D eigenvalue weighted by Crippen LogP contribution is -2.24. The standard InChI is InChI=1S/C20H21N5O2S.C2HF3O2/c26-28(27)19-9-8-17(11-18(19)25-20(24-28)22-13-23-25)21-12-14-4-3-7-16(10-14)15-5-1-2-6-15;3-2(4,5)1(6)7/h3-4,7-11,13,15,21H,1-2,5-6,12H2,(H,22,23,24);(H,6,7). The van der Waals surface area contributed by atoms with Crippen molar-refractivity contribution >= 4 is 27.6 Å². The normalized spacial score (nSPS) is 16.3. The van der Waals surface area contributed by atoms with Crippen LogP contribution >= 0.6 is 0 Å². The first-order valence-corrected chi connectivity index (χ1v) is 12.2. The predicted octanol–water partition coefficient (Wildman–Crippen LogP) is 4.28. The second kappa shape index (κ2) is 9.56. The van der Waals surface area contributed by atoms with Crippen molar-refractivity contribution in [2.24, 2.45) is 0 Å². The third-order valence-corrected chi connectivity index (χ3v) is 7.14. The molecule has 186 valence electrons. The molecule has 2 aromatic carbocycles. The first-order valence-electron chi connectivity index (χ1n) is 10.7. The van der Waals surface area contributed by atoms with Gasteiger partial charge >= 0.3 is 12.1 Å². The second-order valence-electron chi connectivity index (χ2n) is 8.17. The van der Waals surface area contributed by atoms with Crippen LogP contribution in [0.4, 0.5) is 24.8 Å². The molecule has 0 amide bonds. The molecule has 1 saturated carbocycles. The summed E-state index contributed by atoms with van der Waals surface area (Å²) in [5, 5.41) is 14.7. The van der Waals surface area contributed by atoms with Crippen molar-refractivity contribution in [2.75, 3.05) is 10.0 Å². The van der Waals surface area contributed by atoms with Gasteiger partial charge in [0.25, 0.3) is 10.0 Å². The van der Waals surface area contributed by atoms with E-state index in [0.29, 0.717) is 18.2 Å². The van der Waals surface area contributed by atoms with Crippen LogP contribution in [0.5, 0.6) is 0 Å². The van der Waals surface area contributed by atoms with Gasteiger partial charge in [-0.25, -0.2) is 17.9 Å². The van der Waals surface area contributed by atoms with Crippen molar-refractivity contribution in [3.05, 3.63) is 59.9 Å². The summed E-state index contributed by atoms with van der Waals surface area (Å²) in [6, 6.07) is 13.9. The maximum Gasteiger partial charge on any atom is 0.490 e. The number of sulfonamides is 1. The van der Waals surface area contributed by atoms with E-state index in [9.17, 15) is 21.6 Å². The van der Waals surface area contributed by atoms with Gasteiger partial charge in [-0.05, 0) is 48.1 Å². The Morgan fingerprint density at radius 3 is 2.57 bits per heavy atom. The number of carbonyl (C=O) groups is 1. The van der Waals surface area contributed by atoms with E-state index in [4.69, 9.17) is 9.90 Å². The molecule has 5 rings (SSSR count). The number of fused-ring (bicyclic) bond motifs is 3. The average Bonchev–Trinajstić information content (AvgIpc) is 3.49. The molecule has 1 aromatic heterocycles. The van der Waals surface area contributed by atoms with Crippen LogP contribution < -0.4 is 10.0 Å². The van der Waals surface area contributed by atoms with E-state index in [-0.39, 0.29) is 10.8 Å². The molecule has 1 fully saturated rings. The van der Waals surface area contributed by atoms with Gasteiger partial charge in [0.05, 0.1) is 5.69 Å². The Balaban J connectivity index is 0.000000364. The Morgan fingerprint density at radius 2 is 1.89 bits per heavy atom. The molecule has 0 spiro atoms. The van der Waals surface area contributed by atoms with E-state index in [2.05, 4.69) is 44.4 Å². The van der Waals surface area contributed by atoms with Gasteiger partial charge in [-0.2, -0.15) is 27.9 Å². The molecular formula is C22H22F3N5O4S. The van der Waals surface area contributed by atoms with E-state index >= 15 is 0 Å². The molecule has 0 atom stereocenters. The Labute approximate surface area is 199 Å². The first kappa shape index (κ1) is 24.5. The van der Waals surface area contributed by atoms with E-state index in [1.807, 2.05) is 0 Å². The SMILES string of the molecule is O=C(O)C(F)(F)F.O=S1(=O)Nc2ncnn2-c2cc(NCc3cccc(C4CCCC4)c3)ccc21. The third kappa shape index (κ3) is 5.56. The summed E-state index contributed by atoms with van der Waals surface area (Å²) in [4.78, 5) is 13.1. The van der Waals surface area contributed by atoms with Crippen LogP contribution in [0.3, 0.4) is 0 Å². The molecule has 35 heavy (non-hydrogen) atoms. The molecule has 1 aliphatic heterocycles. The molecule has 2 aliphatic rings. The fourth-order valence-corrected chi connectivity index (χ4v) is 5.26. The number of anilines is 2. The summed E-state index contributed by atoms with van der Waals surface area (Å²) in [5.74, 6) is -1.87. The Hall–Kier alpha value is -3.61. The fraction of sp³-hybridized carbons (Fsp3) is 0.318. The van der Waals surface area contributed by atoms with Crippen LogP contribution in [0.15, 0.2) is 53.7 Å². The van der Waals surface area contributed by atoms with E-state index in [0.717, 1.165) is 5.69 Å². The number of benzene rings is 2. The zero-order valence-electron chi connectivity index (χ0n) is 18.3. The monoisotopic (exact) mass is 509 g/mol. The minimum absolute atomic E-state index is 0.194. The van der Waals surface area contributed by atoms with E-state index in [1.165, 1.54) is 47.8 Å². The van der Waals surface area contributed by atoms with Crippen molar-refractivity contribution in [2.45, 2.75) is 49.2 Å². The zero-order chi connectivity index (χ0) is 25.2. The van der Waals surface area contributed by atoms with Gasteiger partial charge in [0.15, 0.2) is 0 Å². The number of hydrogen-bond acceptors (Lipinski definition) is 6. The highest BCUT2D eigenvalue weighted by Crippen LogP contribution is 2.34. The van der Waals surface area contributed by atoms with Crippen molar-refractivity contribution in [1.82, 2.24) is 14.8 Å². The minimum Gasteiger partial charge on any atom is -0.475 e. The predicted molar refractivity (Wildman–Crippen MR) is 121 cm³/mol. The third-order valence-electron chi connectivity index (χ3n) is 5.77. The number of carboxylic acids is 1. The van der Waals surface area contributed by atoms with Crippen LogP contribution in [0.2, 0.25) is 0 Å². The maximum absolute atomic E-state index is 12.4. The first-order chi connectivity index (χ1) is 16.5. The smallest absolute Gasteiger partial charge is 0.475 e. The largest absolute Gasteiger partial charge is 0.490 e. The molecule has 1 aliphatic carbocycles. The van der Waals surface area contributed by atoms with Crippen molar-refractivity contribution in [3.63, 3.8) is 0 Å². The number of nitrogens with one attached hydrogen (secondary N) is 2. The number of carboxylic acid groups (broad SMARTS) is 1. The van der Waals surface area contributed by atoms with E-state index in [1.54, 1.807) is 18.2 Å². The summed E-state index contributed by atoms with van der Waals surface area (Å²) >= 11 is 0. The molecule has 3 aromatic rings. The van der Waals surface area contributed by atoms with Gasteiger partial charge in [-0.3, -0.25) is 0 Å². The number of aliphatic carboxylic acids is 1. The molecule has 0 radical (unpaired) electrons. The number of halogens is 3.